The van der Waals surface area contributed by atoms with E-state index in [1.165, 1.54) is 21.7 Å². The summed E-state index contributed by atoms with van der Waals surface area (Å²) in [6, 6.07) is 6.99. The van der Waals surface area contributed by atoms with Gasteiger partial charge in [0.25, 0.3) is 11.5 Å². The van der Waals surface area contributed by atoms with E-state index in [2.05, 4.69) is 24.4 Å². The number of aliphatic hydroxyl groups is 1. The van der Waals surface area contributed by atoms with E-state index in [1.54, 1.807) is 19.1 Å². The van der Waals surface area contributed by atoms with Crippen LogP contribution in [0.15, 0.2) is 41.3 Å². The van der Waals surface area contributed by atoms with Gasteiger partial charge in [-0.05, 0) is 42.7 Å². The van der Waals surface area contributed by atoms with Crippen LogP contribution in [0.2, 0.25) is 0 Å². The number of nitrogens with zero attached hydrogens (tertiary/aromatic N) is 6. The quantitative estimate of drug-likeness (QED) is 0.293. The van der Waals surface area contributed by atoms with Gasteiger partial charge in [0.05, 0.1) is 34.4 Å². The zero-order valence-corrected chi connectivity index (χ0v) is 21.3. The normalized spacial score (nSPS) is 17.2. The molecule has 1 saturated heterocycles. The number of amides is 1. The molecule has 1 aliphatic rings. The van der Waals surface area contributed by atoms with Crippen LogP contribution in [-0.2, 0) is 15.7 Å². The smallest absolute Gasteiger partial charge is 0.382 e. The molecular formula is C24H19F3N8O4S. The number of H-pyrrole nitrogens is 1. The van der Waals surface area contributed by atoms with Crippen LogP contribution in [-0.4, -0.2) is 59.4 Å². The molecule has 0 bridgehead atoms. The molecule has 4 N–H and O–H groups in total. The van der Waals surface area contributed by atoms with Gasteiger partial charge >= 0.3 is 6.18 Å². The van der Waals surface area contributed by atoms with E-state index in [-0.39, 0.29) is 47.2 Å². The summed E-state index contributed by atoms with van der Waals surface area (Å²) < 4.78 is 50.9. The van der Waals surface area contributed by atoms with Crippen molar-refractivity contribution in [3.8, 4) is 5.69 Å². The van der Waals surface area contributed by atoms with Crippen molar-refractivity contribution in [1.29, 1.82) is 0 Å². The first-order chi connectivity index (χ1) is 19.0. The predicted molar refractivity (Wildman–Crippen MR) is 138 cm³/mol. The Morgan fingerprint density at radius 2 is 2.05 bits per heavy atom. The number of morpholine rings is 1. The van der Waals surface area contributed by atoms with E-state index >= 15 is 0 Å². The lowest BCUT2D eigenvalue weighted by Gasteiger charge is -2.32. The Bertz CT molecular complexity index is 1850. The van der Waals surface area contributed by atoms with Crippen LogP contribution in [0.3, 0.4) is 0 Å². The number of hydrogen-bond donors (Lipinski definition) is 3. The van der Waals surface area contributed by atoms with E-state index in [9.17, 15) is 27.9 Å². The summed E-state index contributed by atoms with van der Waals surface area (Å²) in [5, 5.41) is 16.2. The Hall–Kier alpha value is -4.41. The second kappa shape index (κ2) is 9.35. The Kier molecular flexibility index (Phi) is 6.04. The highest BCUT2D eigenvalue weighted by Gasteiger charge is 2.39. The molecule has 40 heavy (non-hydrogen) atoms. The van der Waals surface area contributed by atoms with Gasteiger partial charge in [0.1, 0.15) is 23.4 Å². The number of aromatic amines is 1. The van der Waals surface area contributed by atoms with Crippen molar-refractivity contribution < 1.29 is 27.8 Å². The molecule has 6 rings (SSSR count). The lowest BCUT2D eigenvalue weighted by atomic mass is 10.1. The maximum Gasteiger partial charge on any atom is 0.433 e. The second-order valence-electron chi connectivity index (χ2n) is 9.03. The average molecular weight is 573 g/mol. The third-order valence-corrected chi connectivity index (χ3v) is 7.37. The van der Waals surface area contributed by atoms with Crippen molar-refractivity contribution in [2.75, 3.05) is 23.8 Å². The molecule has 2 unspecified atom stereocenters. The lowest BCUT2D eigenvalue weighted by Crippen LogP contribution is -2.50. The number of nitrogen functional groups attached to an aromatic ring is 1. The number of anilines is 2. The minimum Gasteiger partial charge on any atom is -0.382 e. The Labute approximate surface area is 226 Å². The molecule has 4 aromatic heterocycles. The van der Waals surface area contributed by atoms with Crippen LogP contribution in [0.1, 0.15) is 23.3 Å². The van der Waals surface area contributed by atoms with Crippen LogP contribution >= 0.6 is 11.5 Å². The van der Waals surface area contributed by atoms with Gasteiger partial charge < -0.3 is 20.6 Å². The number of benzene rings is 1. The Balaban J connectivity index is 1.30. The number of nitrogens with one attached hydrogen (secondary N) is 1. The number of pyridine rings is 1. The number of aromatic nitrogens is 6. The number of rotatable bonds is 4. The van der Waals surface area contributed by atoms with Gasteiger partial charge in [-0.1, -0.05) is 0 Å². The third-order valence-electron chi connectivity index (χ3n) is 6.47. The van der Waals surface area contributed by atoms with Crippen LogP contribution in [0.4, 0.5) is 24.8 Å². The number of ether oxygens (including phenoxy) is 1. The number of aliphatic hydroxyl groups excluding tert-OH is 1. The highest BCUT2D eigenvalue weighted by Crippen LogP contribution is 2.32. The highest BCUT2D eigenvalue weighted by atomic mass is 32.1. The predicted octanol–water partition coefficient (Wildman–Crippen LogP) is 2.49. The lowest BCUT2D eigenvalue weighted by molar-refractivity contribution is -0.143. The summed E-state index contributed by atoms with van der Waals surface area (Å²) in [4.78, 5) is 37.8. The zero-order chi connectivity index (χ0) is 28.3. The molecule has 0 spiro atoms. The van der Waals surface area contributed by atoms with E-state index in [1.807, 2.05) is 0 Å². The highest BCUT2D eigenvalue weighted by molar-refractivity contribution is 7.14. The second-order valence-corrected chi connectivity index (χ2v) is 9.81. The Morgan fingerprint density at radius 3 is 2.83 bits per heavy atom. The largest absolute Gasteiger partial charge is 0.433 e. The molecule has 0 saturated carbocycles. The maximum absolute atomic E-state index is 13.4. The van der Waals surface area contributed by atoms with E-state index in [0.717, 1.165) is 23.8 Å². The summed E-state index contributed by atoms with van der Waals surface area (Å²) in [5.41, 5.74) is 5.07. The average Bonchev–Trinajstić information content (AvgIpc) is 3.50. The molecule has 5 heterocycles. The fourth-order valence-corrected chi connectivity index (χ4v) is 5.41. The van der Waals surface area contributed by atoms with Gasteiger partial charge in [-0.3, -0.25) is 19.5 Å². The number of halogens is 3. The molecule has 5 aromatic rings. The number of carbonyl (C=O) groups is 1. The third kappa shape index (κ3) is 4.25. The van der Waals surface area contributed by atoms with Crippen molar-refractivity contribution in [2.45, 2.75) is 25.3 Å². The van der Waals surface area contributed by atoms with Crippen molar-refractivity contribution in [2.24, 2.45) is 0 Å². The van der Waals surface area contributed by atoms with Crippen LogP contribution in [0.5, 0.6) is 0 Å². The van der Waals surface area contributed by atoms with Crippen molar-refractivity contribution >= 4 is 50.1 Å². The van der Waals surface area contributed by atoms with Crippen molar-refractivity contribution in [3.63, 3.8) is 0 Å². The fraction of sp³-hybridized carbons (Fsp3) is 0.250. The summed E-state index contributed by atoms with van der Waals surface area (Å²) in [6.45, 7) is 1.72. The summed E-state index contributed by atoms with van der Waals surface area (Å²) in [7, 11) is 0. The molecule has 1 aliphatic heterocycles. The minimum absolute atomic E-state index is 0.0193. The minimum atomic E-state index is -4.64. The van der Waals surface area contributed by atoms with E-state index < -0.39 is 35.5 Å². The molecule has 16 heteroatoms. The number of nitrogens with two attached hydrogens (primary N) is 1. The number of fused-ring (bicyclic) bond motifs is 3. The van der Waals surface area contributed by atoms with Gasteiger partial charge in [0.15, 0.2) is 11.9 Å². The van der Waals surface area contributed by atoms with E-state index in [4.69, 9.17) is 10.5 Å². The van der Waals surface area contributed by atoms with Gasteiger partial charge in [0.2, 0.25) is 0 Å². The van der Waals surface area contributed by atoms with Gasteiger partial charge in [0, 0.05) is 23.3 Å². The number of aryl methyl sites for hydroxylation is 1. The summed E-state index contributed by atoms with van der Waals surface area (Å²) in [5.74, 6) is -0.400. The monoisotopic (exact) mass is 572 g/mol. The molecule has 1 aromatic carbocycles. The van der Waals surface area contributed by atoms with Gasteiger partial charge in [-0.25, -0.2) is 9.67 Å². The van der Waals surface area contributed by atoms with Gasteiger partial charge in [-0.15, -0.1) is 5.10 Å². The molecule has 12 nitrogen and oxygen atoms in total. The first-order valence-electron chi connectivity index (χ1n) is 11.8. The molecule has 206 valence electrons. The standard InChI is InChI=1S/C24H19F3N8O4S/c1-10-8-15(32-35(10)11-4-5-29-14(9-11)24(25,26)27)34-6-7-39-18(23(34)38)17(36)21-30-13-3-2-12-19(40-33-20(12)28)16(13)22(37)31-21/h2-5,8-9,17-18,36H,6-7H2,1H3,(H2,28,33)(H,30,31,37). The molecule has 0 aliphatic carbocycles. The first-order valence-corrected chi connectivity index (χ1v) is 12.6. The molecule has 2 atom stereocenters. The zero-order valence-electron chi connectivity index (χ0n) is 20.5. The van der Waals surface area contributed by atoms with Gasteiger partial charge in [-0.2, -0.15) is 17.5 Å². The molecule has 0 radical (unpaired) electrons. The topological polar surface area (TPSA) is 165 Å². The van der Waals surface area contributed by atoms with Crippen molar-refractivity contribution in [1.82, 2.24) is 29.1 Å². The summed E-state index contributed by atoms with van der Waals surface area (Å²) >= 11 is 1.05. The van der Waals surface area contributed by atoms with Crippen LogP contribution < -0.4 is 16.2 Å². The van der Waals surface area contributed by atoms with Crippen LogP contribution in [0, 0.1) is 6.92 Å². The van der Waals surface area contributed by atoms with Crippen LogP contribution in [0.25, 0.3) is 26.7 Å². The van der Waals surface area contributed by atoms with Crippen molar-refractivity contribution in [3.05, 3.63) is 64.1 Å². The summed E-state index contributed by atoms with van der Waals surface area (Å²) in [6.07, 6.45) is -6.67. The van der Waals surface area contributed by atoms with E-state index in [0.29, 0.717) is 15.8 Å². The molecular weight excluding hydrogens is 553 g/mol. The number of alkyl halides is 3. The fourth-order valence-electron chi connectivity index (χ4n) is 4.56. The number of hydrogen-bond acceptors (Lipinski definition) is 10. The maximum atomic E-state index is 13.4. The number of carbonyl (C=O) groups excluding carboxylic acids is 1. The first kappa shape index (κ1) is 25.8. The SMILES string of the molecule is Cc1cc(N2CCOC(C(O)c3nc4ccc5c(N)nsc5c4c(=O)[nH]3)C2=O)nn1-c1ccnc(C(F)(F)F)c1. The Morgan fingerprint density at radius 1 is 1.25 bits per heavy atom. The molecule has 1 amide bonds. The molecule has 1 fully saturated rings.